The van der Waals surface area contributed by atoms with Crippen molar-refractivity contribution in [3.63, 3.8) is 0 Å². The Balaban J connectivity index is 2.15. The van der Waals surface area contributed by atoms with Crippen LogP contribution in [0.15, 0.2) is 53.7 Å². The van der Waals surface area contributed by atoms with Gasteiger partial charge in [-0.3, -0.25) is 4.68 Å². The molecular formula is C21H19F2N7O. The first kappa shape index (κ1) is 20.3. The Kier molecular flexibility index (Phi) is 5.28. The first-order chi connectivity index (χ1) is 14.9. The summed E-state index contributed by atoms with van der Waals surface area (Å²) in [5.41, 5.74) is 1.83. The maximum atomic E-state index is 14.0. The van der Waals surface area contributed by atoms with E-state index >= 15 is 0 Å². The first-order valence-corrected chi connectivity index (χ1v) is 9.41. The summed E-state index contributed by atoms with van der Waals surface area (Å²) in [5.74, 6) is 0.490. The quantitative estimate of drug-likeness (QED) is 0.417. The van der Waals surface area contributed by atoms with Gasteiger partial charge in [-0.1, -0.05) is 23.9 Å². The van der Waals surface area contributed by atoms with Crippen molar-refractivity contribution in [1.82, 2.24) is 34.7 Å². The molecule has 0 N–H and O–H groups in total. The van der Waals surface area contributed by atoms with Gasteiger partial charge in [0.1, 0.15) is 5.69 Å². The fraction of sp³-hybridized carbons (Fsp3) is 0.190. The van der Waals surface area contributed by atoms with Crippen LogP contribution in [-0.4, -0.2) is 34.7 Å². The highest BCUT2D eigenvalue weighted by molar-refractivity contribution is 5.96. The molecule has 0 unspecified atom stereocenters. The lowest BCUT2D eigenvalue weighted by molar-refractivity contribution is 0.147. The molecule has 0 atom stereocenters. The number of allylic oxidation sites excluding steroid dienone is 5. The van der Waals surface area contributed by atoms with E-state index in [-0.39, 0.29) is 16.9 Å². The van der Waals surface area contributed by atoms with E-state index in [9.17, 15) is 8.78 Å². The number of aryl methyl sites for hydroxylation is 2. The van der Waals surface area contributed by atoms with E-state index < -0.39 is 12.1 Å². The second kappa shape index (κ2) is 8.05. The summed E-state index contributed by atoms with van der Waals surface area (Å²) in [4.78, 5) is 8.92. The molecule has 0 saturated heterocycles. The van der Waals surface area contributed by atoms with Crippen molar-refractivity contribution in [2.75, 3.05) is 0 Å². The zero-order chi connectivity index (χ0) is 22.1. The molecule has 0 bridgehead atoms. The third-order valence-corrected chi connectivity index (χ3v) is 4.58. The lowest BCUT2D eigenvalue weighted by atomic mass is 10.1. The number of alkyl halides is 2. The summed E-state index contributed by atoms with van der Waals surface area (Å²) in [6, 6.07) is 3.41. The molecule has 0 amide bonds. The van der Waals surface area contributed by atoms with Gasteiger partial charge in [0.15, 0.2) is 11.5 Å². The van der Waals surface area contributed by atoms with Crippen LogP contribution in [0.5, 0.6) is 0 Å². The van der Waals surface area contributed by atoms with Crippen LogP contribution in [0.1, 0.15) is 24.9 Å². The molecule has 10 heteroatoms. The molecule has 0 aliphatic carbocycles. The van der Waals surface area contributed by atoms with Gasteiger partial charge in [0.25, 0.3) is 12.3 Å². The summed E-state index contributed by atoms with van der Waals surface area (Å²) >= 11 is 0. The highest BCUT2D eigenvalue weighted by Gasteiger charge is 2.27. The zero-order valence-electron chi connectivity index (χ0n) is 17.1. The molecule has 0 fully saturated rings. The van der Waals surface area contributed by atoms with Crippen molar-refractivity contribution in [2.45, 2.75) is 20.3 Å². The van der Waals surface area contributed by atoms with Crippen molar-refractivity contribution < 1.29 is 13.3 Å². The van der Waals surface area contributed by atoms with Gasteiger partial charge in [-0.05, 0) is 38.1 Å². The summed E-state index contributed by atoms with van der Waals surface area (Å²) in [5, 5.41) is 12.3. The van der Waals surface area contributed by atoms with Gasteiger partial charge in [-0.2, -0.15) is 15.2 Å². The van der Waals surface area contributed by atoms with Gasteiger partial charge in [0, 0.05) is 13.2 Å². The summed E-state index contributed by atoms with van der Waals surface area (Å²) in [6.45, 7) is 7.17. The summed E-state index contributed by atoms with van der Waals surface area (Å²) in [7, 11) is 1.77. The molecule has 0 aliphatic rings. The molecule has 0 aromatic carbocycles. The van der Waals surface area contributed by atoms with E-state index in [0.717, 1.165) is 0 Å². The lowest BCUT2D eigenvalue weighted by Crippen LogP contribution is -2.01. The van der Waals surface area contributed by atoms with Crippen LogP contribution in [-0.2, 0) is 7.05 Å². The third-order valence-electron chi connectivity index (χ3n) is 4.58. The van der Waals surface area contributed by atoms with Gasteiger partial charge in [0.05, 0.1) is 28.0 Å². The highest BCUT2D eigenvalue weighted by Crippen LogP contribution is 2.37. The molecule has 0 spiro atoms. The van der Waals surface area contributed by atoms with Crippen molar-refractivity contribution in [2.24, 2.45) is 7.05 Å². The Morgan fingerprint density at radius 3 is 2.68 bits per heavy atom. The molecule has 158 valence electrons. The molecule has 4 aromatic rings. The van der Waals surface area contributed by atoms with E-state index in [2.05, 4.69) is 31.9 Å². The Hall–Kier alpha value is -3.95. The van der Waals surface area contributed by atoms with E-state index in [4.69, 9.17) is 4.52 Å². The van der Waals surface area contributed by atoms with Crippen LogP contribution in [0, 0.1) is 6.92 Å². The van der Waals surface area contributed by atoms with Gasteiger partial charge < -0.3 is 4.52 Å². The SMILES string of the molecule is C=C/C=C(\C=C/C)n1nc(C(F)F)c2c(-c3nc(C)no3)cc(-c3ccnn3C)nc21. The smallest absolute Gasteiger partial charge is 0.282 e. The van der Waals surface area contributed by atoms with Crippen molar-refractivity contribution >= 4 is 16.7 Å². The number of halogens is 2. The van der Waals surface area contributed by atoms with E-state index in [1.807, 2.05) is 6.92 Å². The van der Waals surface area contributed by atoms with Gasteiger partial charge in [-0.25, -0.2) is 18.4 Å². The number of rotatable bonds is 6. The van der Waals surface area contributed by atoms with Crippen LogP contribution in [0.4, 0.5) is 8.78 Å². The molecule has 0 aliphatic heterocycles. The predicted molar refractivity (Wildman–Crippen MR) is 112 cm³/mol. The van der Waals surface area contributed by atoms with Gasteiger partial charge in [0.2, 0.25) is 0 Å². The Morgan fingerprint density at radius 1 is 1.29 bits per heavy atom. The normalized spacial score (nSPS) is 12.5. The van der Waals surface area contributed by atoms with Crippen molar-refractivity contribution in [3.8, 4) is 22.8 Å². The van der Waals surface area contributed by atoms with E-state index in [0.29, 0.717) is 28.5 Å². The van der Waals surface area contributed by atoms with Crippen LogP contribution < -0.4 is 0 Å². The fourth-order valence-electron chi connectivity index (χ4n) is 3.30. The predicted octanol–water partition coefficient (Wildman–Crippen LogP) is 4.73. The Morgan fingerprint density at radius 2 is 2.10 bits per heavy atom. The number of nitrogens with zero attached hydrogens (tertiary/aromatic N) is 7. The molecular weight excluding hydrogens is 404 g/mol. The van der Waals surface area contributed by atoms with Crippen molar-refractivity contribution in [1.29, 1.82) is 0 Å². The minimum absolute atomic E-state index is 0.107. The molecule has 4 rings (SSSR count). The Bertz CT molecular complexity index is 1330. The van der Waals surface area contributed by atoms with E-state index in [1.165, 1.54) is 4.68 Å². The van der Waals surface area contributed by atoms with Crippen LogP contribution in [0.2, 0.25) is 0 Å². The van der Waals surface area contributed by atoms with Crippen molar-refractivity contribution in [3.05, 3.63) is 60.7 Å². The summed E-state index contributed by atoms with van der Waals surface area (Å²) in [6.07, 6.45) is 5.51. The zero-order valence-corrected chi connectivity index (χ0v) is 17.1. The third kappa shape index (κ3) is 3.56. The Labute approximate surface area is 176 Å². The molecule has 0 saturated carbocycles. The number of hydrogen-bond donors (Lipinski definition) is 0. The minimum atomic E-state index is -2.84. The second-order valence-corrected chi connectivity index (χ2v) is 6.67. The van der Waals surface area contributed by atoms with Crippen LogP contribution in [0.3, 0.4) is 0 Å². The number of fused-ring (bicyclic) bond motifs is 1. The maximum Gasteiger partial charge on any atom is 0.282 e. The highest BCUT2D eigenvalue weighted by atomic mass is 19.3. The second-order valence-electron chi connectivity index (χ2n) is 6.67. The number of pyridine rings is 1. The first-order valence-electron chi connectivity index (χ1n) is 9.41. The van der Waals surface area contributed by atoms with Crippen LogP contribution >= 0.6 is 0 Å². The van der Waals surface area contributed by atoms with Gasteiger partial charge in [-0.15, -0.1) is 0 Å². The molecule has 4 aromatic heterocycles. The monoisotopic (exact) mass is 423 g/mol. The largest absolute Gasteiger partial charge is 0.334 e. The number of aromatic nitrogens is 7. The van der Waals surface area contributed by atoms with Gasteiger partial charge >= 0.3 is 0 Å². The molecule has 8 nitrogen and oxygen atoms in total. The average molecular weight is 423 g/mol. The molecule has 31 heavy (non-hydrogen) atoms. The lowest BCUT2D eigenvalue weighted by Gasteiger charge is -2.08. The van der Waals surface area contributed by atoms with Crippen LogP contribution in [0.25, 0.3) is 39.6 Å². The maximum absolute atomic E-state index is 14.0. The summed E-state index contributed by atoms with van der Waals surface area (Å²) < 4.78 is 36.4. The molecule has 0 radical (unpaired) electrons. The minimum Gasteiger partial charge on any atom is -0.334 e. The fourth-order valence-corrected chi connectivity index (χ4v) is 3.30. The topological polar surface area (TPSA) is 87.5 Å². The number of hydrogen-bond acceptors (Lipinski definition) is 6. The molecule has 4 heterocycles. The van der Waals surface area contributed by atoms with E-state index in [1.54, 1.807) is 61.3 Å². The standard InChI is InChI=1S/C21H19F2N7O/c1-5-7-13(8-6-2)30-20-17(18(27-30)19(22)23)14(21-25-12(3)28-31-21)11-15(26-20)16-9-10-24-29(16)4/h5-11,19H,1H2,2-4H3/b8-6-,13-7+. The average Bonchev–Trinajstić information content (AvgIpc) is 3.45.